The Bertz CT molecular complexity index is 437. The Hall–Kier alpha value is -1.58. The summed E-state index contributed by atoms with van der Waals surface area (Å²) in [6.07, 6.45) is 4.25. The monoisotopic (exact) mass is 216 g/mol. The molecule has 0 aliphatic heterocycles. The smallest absolute Gasteiger partial charge is 0.0950 e. The Morgan fingerprint density at radius 2 is 2.12 bits per heavy atom. The van der Waals surface area contributed by atoms with E-state index >= 15 is 0 Å². The molecule has 3 N–H and O–H groups in total. The number of nitrogens with one attached hydrogen (secondary N) is 1. The molecule has 0 saturated carbocycles. The molecule has 1 atom stereocenters. The van der Waals surface area contributed by atoms with E-state index < -0.39 is 0 Å². The SMILES string of the molecule is Cc1ccccc1CC(NN)c1ccoc1. The minimum atomic E-state index is 0.0971. The molecule has 1 aromatic carbocycles. The maximum absolute atomic E-state index is 5.57. The number of benzene rings is 1. The Labute approximate surface area is 95.2 Å². The van der Waals surface area contributed by atoms with Crippen LogP contribution in [0.25, 0.3) is 0 Å². The molecule has 0 amide bonds. The molecule has 0 bridgehead atoms. The van der Waals surface area contributed by atoms with Crippen LogP contribution in [0.5, 0.6) is 0 Å². The van der Waals surface area contributed by atoms with Crippen LogP contribution in [0.3, 0.4) is 0 Å². The quantitative estimate of drug-likeness (QED) is 0.609. The van der Waals surface area contributed by atoms with Gasteiger partial charge in [-0.25, -0.2) is 0 Å². The van der Waals surface area contributed by atoms with E-state index in [0.717, 1.165) is 12.0 Å². The molecule has 3 nitrogen and oxygen atoms in total. The summed E-state index contributed by atoms with van der Waals surface area (Å²) in [7, 11) is 0. The van der Waals surface area contributed by atoms with Crippen molar-refractivity contribution in [1.82, 2.24) is 5.43 Å². The van der Waals surface area contributed by atoms with Gasteiger partial charge in [0.15, 0.2) is 0 Å². The number of furan rings is 1. The second kappa shape index (κ2) is 4.96. The predicted octanol–water partition coefficient (Wildman–Crippen LogP) is 2.34. The van der Waals surface area contributed by atoms with Crippen LogP contribution in [0.2, 0.25) is 0 Å². The first-order valence-corrected chi connectivity index (χ1v) is 5.34. The van der Waals surface area contributed by atoms with Crippen molar-refractivity contribution >= 4 is 0 Å². The van der Waals surface area contributed by atoms with Gasteiger partial charge in [-0.3, -0.25) is 11.3 Å². The van der Waals surface area contributed by atoms with Crippen molar-refractivity contribution in [2.75, 3.05) is 0 Å². The lowest BCUT2D eigenvalue weighted by Gasteiger charge is -2.15. The molecule has 0 fully saturated rings. The van der Waals surface area contributed by atoms with Gasteiger partial charge in [0.05, 0.1) is 18.6 Å². The molecule has 2 rings (SSSR count). The summed E-state index contributed by atoms with van der Waals surface area (Å²) in [5, 5.41) is 0. The van der Waals surface area contributed by atoms with Crippen molar-refractivity contribution in [3.63, 3.8) is 0 Å². The molecule has 0 saturated heterocycles. The van der Waals surface area contributed by atoms with Gasteiger partial charge < -0.3 is 4.42 Å². The predicted molar refractivity (Wildman–Crippen MR) is 63.7 cm³/mol. The van der Waals surface area contributed by atoms with Crippen molar-refractivity contribution in [3.05, 3.63) is 59.5 Å². The Morgan fingerprint density at radius 3 is 2.75 bits per heavy atom. The summed E-state index contributed by atoms with van der Waals surface area (Å²) in [5.74, 6) is 5.57. The maximum atomic E-state index is 5.57. The van der Waals surface area contributed by atoms with Gasteiger partial charge in [0, 0.05) is 5.56 Å². The second-order valence-electron chi connectivity index (χ2n) is 3.91. The number of aryl methyl sites for hydroxylation is 1. The molecule has 1 unspecified atom stereocenters. The lowest BCUT2D eigenvalue weighted by atomic mass is 9.98. The van der Waals surface area contributed by atoms with Crippen molar-refractivity contribution in [3.8, 4) is 0 Å². The Kier molecular flexibility index (Phi) is 3.39. The molecule has 16 heavy (non-hydrogen) atoms. The highest BCUT2D eigenvalue weighted by molar-refractivity contribution is 5.28. The molecule has 1 heterocycles. The molecular weight excluding hydrogens is 200 g/mol. The van der Waals surface area contributed by atoms with Crippen LogP contribution in [0.4, 0.5) is 0 Å². The van der Waals surface area contributed by atoms with E-state index in [1.54, 1.807) is 12.5 Å². The van der Waals surface area contributed by atoms with Crippen LogP contribution >= 0.6 is 0 Å². The van der Waals surface area contributed by atoms with E-state index in [4.69, 9.17) is 10.3 Å². The van der Waals surface area contributed by atoms with Crippen LogP contribution in [0.15, 0.2) is 47.3 Å². The zero-order valence-corrected chi connectivity index (χ0v) is 9.31. The molecule has 0 aliphatic rings. The van der Waals surface area contributed by atoms with E-state index in [-0.39, 0.29) is 6.04 Å². The van der Waals surface area contributed by atoms with Gasteiger partial charge in [0.2, 0.25) is 0 Å². The summed E-state index contributed by atoms with van der Waals surface area (Å²) in [6, 6.07) is 10.4. The summed E-state index contributed by atoms with van der Waals surface area (Å²) in [6.45, 7) is 2.11. The molecule has 3 heteroatoms. The van der Waals surface area contributed by atoms with Crippen molar-refractivity contribution in [2.45, 2.75) is 19.4 Å². The van der Waals surface area contributed by atoms with Gasteiger partial charge in [0.25, 0.3) is 0 Å². The molecule has 2 aromatic rings. The number of nitrogens with two attached hydrogens (primary N) is 1. The van der Waals surface area contributed by atoms with Gasteiger partial charge in [-0.05, 0) is 30.5 Å². The van der Waals surface area contributed by atoms with Crippen LogP contribution in [-0.2, 0) is 6.42 Å². The second-order valence-corrected chi connectivity index (χ2v) is 3.91. The number of hydrogen-bond donors (Lipinski definition) is 2. The van der Waals surface area contributed by atoms with E-state index in [9.17, 15) is 0 Å². The highest BCUT2D eigenvalue weighted by Gasteiger charge is 2.12. The van der Waals surface area contributed by atoms with Gasteiger partial charge >= 0.3 is 0 Å². The molecule has 84 valence electrons. The lowest BCUT2D eigenvalue weighted by molar-refractivity contribution is 0.525. The fraction of sp³-hybridized carbons (Fsp3) is 0.231. The van der Waals surface area contributed by atoms with E-state index in [1.165, 1.54) is 11.1 Å². The fourth-order valence-electron chi connectivity index (χ4n) is 1.81. The molecule has 0 spiro atoms. The Balaban J connectivity index is 2.17. The first kappa shape index (κ1) is 10.9. The summed E-state index contributed by atoms with van der Waals surface area (Å²) < 4.78 is 5.07. The van der Waals surface area contributed by atoms with Crippen LogP contribution in [-0.4, -0.2) is 0 Å². The zero-order chi connectivity index (χ0) is 11.4. The highest BCUT2D eigenvalue weighted by atomic mass is 16.3. The molecule has 0 radical (unpaired) electrons. The normalized spacial score (nSPS) is 12.6. The van der Waals surface area contributed by atoms with Crippen LogP contribution < -0.4 is 11.3 Å². The van der Waals surface area contributed by atoms with Crippen molar-refractivity contribution < 1.29 is 4.42 Å². The minimum absolute atomic E-state index is 0.0971. The van der Waals surface area contributed by atoms with E-state index in [0.29, 0.717) is 0 Å². The third-order valence-electron chi connectivity index (χ3n) is 2.83. The van der Waals surface area contributed by atoms with Gasteiger partial charge in [-0.15, -0.1) is 0 Å². The van der Waals surface area contributed by atoms with Gasteiger partial charge in [0.1, 0.15) is 0 Å². The number of rotatable bonds is 4. The lowest BCUT2D eigenvalue weighted by Crippen LogP contribution is -2.29. The highest BCUT2D eigenvalue weighted by Crippen LogP contribution is 2.19. The topological polar surface area (TPSA) is 51.2 Å². The third-order valence-corrected chi connectivity index (χ3v) is 2.83. The summed E-state index contributed by atoms with van der Waals surface area (Å²) >= 11 is 0. The molecular formula is C13H16N2O. The first-order valence-electron chi connectivity index (χ1n) is 5.34. The van der Waals surface area contributed by atoms with Crippen LogP contribution in [0.1, 0.15) is 22.7 Å². The maximum Gasteiger partial charge on any atom is 0.0950 e. The Morgan fingerprint density at radius 1 is 1.31 bits per heavy atom. The fourth-order valence-corrected chi connectivity index (χ4v) is 1.81. The average molecular weight is 216 g/mol. The van der Waals surface area contributed by atoms with E-state index in [1.807, 2.05) is 18.2 Å². The van der Waals surface area contributed by atoms with Crippen molar-refractivity contribution in [2.24, 2.45) is 5.84 Å². The minimum Gasteiger partial charge on any atom is -0.472 e. The van der Waals surface area contributed by atoms with Gasteiger partial charge in [-0.2, -0.15) is 0 Å². The summed E-state index contributed by atoms with van der Waals surface area (Å²) in [5.41, 5.74) is 6.48. The van der Waals surface area contributed by atoms with E-state index in [2.05, 4.69) is 24.5 Å². The standard InChI is InChI=1S/C13H16N2O/c1-10-4-2-3-5-11(10)8-13(15-14)12-6-7-16-9-12/h2-7,9,13,15H,8,14H2,1H3. The number of hydrazine groups is 1. The largest absolute Gasteiger partial charge is 0.472 e. The number of hydrogen-bond acceptors (Lipinski definition) is 3. The molecule has 0 aliphatic carbocycles. The molecule has 1 aromatic heterocycles. The van der Waals surface area contributed by atoms with Gasteiger partial charge in [-0.1, -0.05) is 24.3 Å². The summed E-state index contributed by atoms with van der Waals surface area (Å²) in [4.78, 5) is 0. The van der Waals surface area contributed by atoms with Crippen LogP contribution in [0, 0.1) is 6.92 Å². The third kappa shape index (κ3) is 2.32. The zero-order valence-electron chi connectivity index (χ0n) is 9.31. The first-order chi connectivity index (χ1) is 7.81. The van der Waals surface area contributed by atoms with Crippen molar-refractivity contribution in [1.29, 1.82) is 0 Å². The average Bonchev–Trinajstić information content (AvgIpc) is 2.81.